The van der Waals surface area contributed by atoms with Gasteiger partial charge in [0.1, 0.15) is 5.82 Å². The first kappa shape index (κ1) is 12.4. The van der Waals surface area contributed by atoms with Gasteiger partial charge in [-0.2, -0.15) is 0 Å². The number of nitrogens with two attached hydrogens (primary N) is 1. The third kappa shape index (κ3) is 2.97. The van der Waals surface area contributed by atoms with Crippen molar-refractivity contribution in [3.05, 3.63) is 29.6 Å². The largest absolute Gasteiger partial charge is 0.399 e. The maximum absolute atomic E-state index is 13.3. The van der Waals surface area contributed by atoms with Crippen molar-refractivity contribution >= 4 is 5.69 Å². The van der Waals surface area contributed by atoms with Gasteiger partial charge in [-0.25, -0.2) is 4.39 Å². The van der Waals surface area contributed by atoms with Crippen LogP contribution in [0.25, 0.3) is 0 Å². The first-order chi connectivity index (χ1) is 8.06. The monoisotopic (exact) mass is 236 g/mol. The lowest BCUT2D eigenvalue weighted by Gasteiger charge is -2.27. The van der Waals surface area contributed by atoms with Crippen LogP contribution in [0.5, 0.6) is 0 Å². The molecule has 1 aliphatic heterocycles. The van der Waals surface area contributed by atoms with E-state index in [1.165, 1.54) is 18.9 Å². The smallest absolute Gasteiger partial charge is 0.125 e. The van der Waals surface area contributed by atoms with Crippen LogP contribution in [0.15, 0.2) is 18.2 Å². The van der Waals surface area contributed by atoms with Gasteiger partial charge in [-0.1, -0.05) is 13.8 Å². The molecule has 1 unspecified atom stereocenters. The van der Waals surface area contributed by atoms with Crippen molar-refractivity contribution in [2.75, 3.05) is 12.3 Å². The van der Waals surface area contributed by atoms with Gasteiger partial charge in [0, 0.05) is 18.3 Å². The molecule has 3 heteroatoms. The van der Waals surface area contributed by atoms with Gasteiger partial charge in [-0.15, -0.1) is 0 Å². The Balaban J connectivity index is 2.09. The predicted molar refractivity (Wildman–Crippen MR) is 69.1 cm³/mol. The highest BCUT2D eigenvalue weighted by atomic mass is 19.1. The molecule has 1 atom stereocenters. The van der Waals surface area contributed by atoms with E-state index in [0.717, 1.165) is 18.7 Å². The minimum Gasteiger partial charge on any atom is -0.399 e. The molecule has 1 aliphatic rings. The van der Waals surface area contributed by atoms with Crippen LogP contribution in [0.1, 0.15) is 32.3 Å². The first-order valence-corrected chi connectivity index (χ1v) is 6.35. The summed E-state index contributed by atoms with van der Waals surface area (Å²) in [6, 6.07) is 5.46. The molecule has 1 aromatic carbocycles. The molecule has 1 fully saturated rings. The Hall–Kier alpha value is -1.09. The zero-order valence-electron chi connectivity index (χ0n) is 10.6. The van der Waals surface area contributed by atoms with Crippen molar-refractivity contribution in [1.82, 2.24) is 4.90 Å². The van der Waals surface area contributed by atoms with Gasteiger partial charge in [0.05, 0.1) is 0 Å². The zero-order chi connectivity index (χ0) is 12.4. The summed E-state index contributed by atoms with van der Waals surface area (Å²) in [5.41, 5.74) is 7.17. The Labute approximate surface area is 103 Å². The van der Waals surface area contributed by atoms with Crippen molar-refractivity contribution in [1.29, 1.82) is 0 Å². The summed E-state index contributed by atoms with van der Waals surface area (Å²) in [5.74, 6) is 0.420. The van der Waals surface area contributed by atoms with Crippen LogP contribution in [0.2, 0.25) is 0 Å². The summed E-state index contributed by atoms with van der Waals surface area (Å²) in [5, 5.41) is 0. The van der Waals surface area contributed by atoms with E-state index in [2.05, 4.69) is 18.7 Å². The van der Waals surface area contributed by atoms with E-state index in [1.54, 1.807) is 6.07 Å². The summed E-state index contributed by atoms with van der Waals surface area (Å²) in [7, 11) is 0. The maximum atomic E-state index is 13.3. The average Bonchev–Trinajstić information content (AvgIpc) is 2.63. The van der Waals surface area contributed by atoms with Gasteiger partial charge in [0.25, 0.3) is 0 Å². The van der Waals surface area contributed by atoms with E-state index >= 15 is 0 Å². The van der Waals surface area contributed by atoms with Crippen molar-refractivity contribution in [2.45, 2.75) is 39.3 Å². The minimum absolute atomic E-state index is 0.236. The fourth-order valence-electron chi connectivity index (χ4n) is 2.80. The summed E-state index contributed by atoms with van der Waals surface area (Å²) in [4.78, 5) is 2.44. The molecule has 0 amide bonds. The Morgan fingerprint density at radius 2 is 2.18 bits per heavy atom. The third-order valence-electron chi connectivity index (χ3n) is 3.55. The number of nitrogens with zero attached hydrogens (tertiary/aromatic N) is 1. The van der Waals surface area contributed by atoms with E-state index in [-0.39, 0.29) is 5.82 Å². The number of rotatable bonds is 3. The molecule has 1 aromatic rings. The molecular formula is C14H21FN2. The molecule has 0 aromatic heterocycles. The number of nitrogen functional groups attached to an aromatic ring is 1. The fraction of sp³-hybridized carbons (Fsp3) is 0.571. The number of likely N-dealkylation sites (tertiary alicyclic amines) is 1. The normalized spacial score (nSPS) is 21.3. The van der Waals surface area contributed by atoms with Gasteiger partial charge in [0.15, 0.2) is 0 Å². The second kappa shape index (κ2) is 5.05. The van der Waals surface area contributed by atoms with Crippen molar-refractivity contribution in [3.63, 3.8) is 0 Å². The van der Waals surface area contributed by atoms with Gasteiger partial charge in [-0.05, 0) is 49.1 Å². The number of benzene rings is 1. The third-order valence-corrected chi connectivity index (χ3v) is 3.55. The van der Waals surface area contributed by atoms with Crippen molar-refractivity contribution in [3.8, 4) is 0 Å². The lowest BCUT2D eigenvalue weighted by molar-refractivity contribution is 0.198. The van der Waals surface area contributed by atoms with Crippen LogP contribution in [-0.2, 0) is 6.54 Å². The Morgan fingerprint density at radius 1 is 1.41 bits per heavy atom. The summed E-state index contributed by atoms with van der Waals surface area (Å²) in [6.07, 6.45) is 2.50. The minimum atomic E-state index is -0.236. The Kier molecular flexibility index (Phi) is 3.67. The molecule has 1 saturated heterocycles. The van der Waals surface area contributed by atoms with Crippen LogP contribution in [0.3, 0.4) is 0 Å². The van der Waals surface area contributed by atoms with Gasteiger partial charge >= 0.3 is 0 Å². The first-order valence-electron chi connectivity index (χ1n) is 6.35. The highest BCUT2D eigenvalue weighted by Gasteiger charge is 2.26. The molecule has 17 heavy (non-hydrogen) atoms. The molecule has 2 nitrogen and oxygen atoms in total. The second-order valence-corrected chi connectivity index (χ2v) is 5.32. The molecule has 2 rings (SSSR count). The van der Waals surface area contributed by atoms with Gasteiger partial charge in [-0.3, -0.25) is 4.90 Å². The number of hydrogen-bond donors (Lipinski definition) is 1. The molecule has 0 aliphatic carbocycles. The van der Waals surface area contributed by atoms with Crippen molar-refractivity contribution in [2.24, 2.45) is 5.92 Å². The van der Waals surface area contributed by atoms with E-state index in [9.17, 15) is 4.39 Å². The van der Waals surface area contributed by atoms with Crippen LogP contribution in [-0.4, -0.2) is 17.5 Å². The maximum Gasteiger partial charge on any atom is 0.125 e. The zero-order valence-corrected chi connectivity index (χ0v) is 10.6. The topological polar surface area (TPSA) is 29.3 Å². The fourth-order valence-corrected chi connectivity index (χ4v) is 2.80. The standard InChI is InChI=1S/C14H21FN2/c1-10(2)14-4-3-5-17(14)9-11-6-12(15)8-13(16)7-11/h6-8,10,14H,3-5,9,16H2,1-2H3. The van der Waals surface area contributed by atoms with Crippen LogP contribution < -0.4 is 5.73 Å². The molecule has 94 valence electrons. The molecule has 2 N–H and O–H groups in total. The number of hydrogen-bond acceptors (Lipinski definition) is 2. The van der Waals surface area contributed by atoms with Crippen LogP contribution in [0.4, 0.5) is 10.1 Å². The highest BCUT2D eigenvalue weighted by Crippen LogP contribution is 2.26. The van der Waals surface area contributed by atoms with E-state index in [1.807, 2.05) is 6.07 Å². The summed E-state index contributed by atoms with van der Waals surface area (Å²) >= 11 is 0. The van der Waals surface area contributed by atoms with Crippen molar-refractivity contribution < 1.29 is 4.39 Å². The SMILES string of the molecule is CC(C)C1CCCN1Cc1cc(N)cc(F)c1. The van der Waals surface area contributed by atoms with E-state index in [0.29, 0.717) is 17.6 Å². The predicted octanol–water partition coefficient (Wildman–Crippen LogP) is 3.03. The Bertz CT molecular complexity index is 370. The van der Waals surface area contributed by atoms with Gasteiger partial charge < -0.3 is 5.73 Å². The molecule has 0 saturated carbocycles. The van der Waals surface area contributed by atoms with Crippen LogP contribution in [0, 0.1) is 11.7 Å². The van der Waals surface area contributed by atoms with Gasteiger partial charge in [0.2, 0.25) is 0 Å². The molecular weight excluding hydrogens is 215 g/mol. The number of halogens is 1. The molecule has 1 heterocycles. The summed E-state index contributed by atoms with van der Waals surface area (Å²) in [6.45, 7) is 6.43. The lowest BCUT2D eigenvalue weighted by atomic mass is 10.0. The second-order valence-electron chi connectivity index (χ2n) is 5.32. The number of anilines is 1. The Morgan fingerprint density at radius 3 is 2.82 bits per heavy atom. The quantitative estimate of drug-likeness (QED) is 0.817. The molecule has 0 bridgehead atoms. The highest BCUT2D eigenvalue weighted by molar-refractivity contribution is 5.41. The van der Waals surface area contributed by atoms with E-state index < -0.39 is 0 Å². The molecule has 0 spiro atoms. The lowest BCUT2D eigenvalue weighted by Crippen LogP contribution is -2.32. The summed E-state index contributed by atoms with van der Waals surface area (Å²) < 4.78 is 13.3. The van der Waals surface area contributed by atoms with Crippen LogP contribution >= 0.6 is 0 Å². The molecule has 0 radical (unpaired) electrons. The average molecular weight is 236 g/mol. The van der Waals surface area contributed by atoms with E-state index in [4.69, 9.17) is 5.73 Å².